The molecule has 0 aliphatic rings. The highest BCUT2D eigenvalue weighted by molar-refractivity contribution is 7.98. The molecule has 0 unspecified atom stereocenters. The Balaban J connectivity index is 2.04. The Morgan fingerprint density at radius 1 is 1.29 bits per heavy atom. The number of thioether (sulfide) groups is 1. The third kappa shape index (κ3) is 3.31. The molecular weight excluding hydrogens is 258 g/mol. The summed E-state index contributed by atoms with van der Waals surface area (Å²) in [5.41, 5.74) is 1.05. The van der Waals surface area contributed by atoms with Crippen molar-refractivity contribution < 1.29 is 8.42 Å². The number of nitrogens with one attached hydrogen (secondary N) is 1. The molecule has 0 amide bonds. The van der Waals surface area contributed by atoms with Crippen LogP contribution in [-0.2, 0) is 15.6 Å². The average Bonchev–Trinajstić information content (AvgIpc) is 2.78. The molecule has 2 rings (SSSR count). The molecule has 7 heteroatoms. The molecule has 0 aliphatic carbocycles. The van der Waals surface area contributed by atoms with Gasteiger partial charge in [-0.3, -0.25) is 0 Å². The van der Waals surface area contributed by atoms with E-state index in [1.54, 1.807) is 18.3 Å². The third-order valence-corrected chi connectivity index (χ3v) is 4.23. The van der Waals surface area contributed by atoms with Gasteiger partial charge < -0.3 is 0 Å². The molecular formula is C10H11N3O2S2. The number of sulfone groups is 1. The van der Waals surface area contributed by atoms with Crippen molar-refractivity contribution in [3.63, 3.8) is 0 Å². The van der Waals surface area contributed by atoms with Crippen LogP contribution >= 0.6 is 11.8 Å². The molecule has 0 fully saturated rings. The molecule has 2 aromatic rings. The molecule has 1 N–H and O–H groups in total. The van der Waals surface area contributed by atoms with Crippen LogP contribution in [0.25, 0.3) is 0 Å². The highest BCUT2D eigenvalue weighted by atomic mass is 32.2. The first-order valence-electron chi connectivity index (χ1n) is 4.83. The van der Waals surface area contributed by atoms with E-state index in [0.717, 1.165) is 16.3 Å². The maximum Gasteiger partial charge on any atom is 0.175 e. The number of aromatic nitrogens is 3. The number of nitrogens with zero attached hydrogens (tertiary/aromatic N) is 2. The third-order valence-electron chi connectivity index (χ3n) is 2.13. The first kappa shape index (κ1) is 12.1. The summed E-state index contributed by atoms with van der Waals surface area (Å²) in [5.74, 6) is 0.733. The molecule has 1 aromatic heterocycles. The van der Waals surface area contributed by atoms with Crippen molar-refractivity contribution in [2.75, 3.05) is 6.26 Å². The van der Waals surface area contributed by atoms with Gasteiger partial charge >= 0.3 is 0 Å². The summed E-state index contributed by atoms with van der Waals surface area (Å²) in [6.07, 6.45) is 2.85. The minimum absolute atomic E-state index is 0.340. The number of hydrogen-bond donors (Lipinski definition) is 1. The van der Waals surface area contributed by atoms with Crippen LogP contribution in [0.5, 0.6) is 0 Å². The van der Waals surface area contributed by atoms with Gasteiger partial charge in [0.15, 0.2) is 9.84 Å². The summed E-state index contributed by atoms with van der Waals surface area (Å²) in [6, 6.07) is 6.86. The van der Waals surface area contributed by atoms with E-state index < -0.39 is 9.84 Å². The van der Waals surface area contributed by atoms with Gasteiger partial charge in [-0.1, -0.05) is 23.9 Å². The molecule has 0 spiro atoms. The van der Waals surface area contributed by atoms with Crippen LogP contribution in [0.3, 0.4) is 0 Å². The van der Waals surface area contributed by atoms with Crippen LogP contribution < -0.4 is 0 Å². The predicted octanol–water partition coefficient (Wildman–Crippen LogP) is 1.50. The molecule has 0 saturated carbocycles. The maximum absolute atomic E-state index is 11.3. The Labute approximate surface area is 104 Å². The summed E-state index contributed by atoms with van der Waals surface area (Å²) in [5, 5.41) is 11.0. The Bertz CT molecular complexity index is 577. The summed E-state index contributed by atoms with van der Waals surface area (Å²) in [7, 11) is -3.11. The standard InChI is InChI=1S/C10H11N3O2S2/c1-17(14,15)9-4-2-8(3-5-9)7-16-10-6-11-13-12-10/h2-6H,7H2,1H3,(H,11,12,13). The van der Waals surface area contributed by atoms with E-state index in [-0.39, 0.29) is 0 Å². The van der Waals surface area contributed by atoms with Gasteiger partial charge in [0.25, 0.3) is 0 Å². The summed E-state index contributed by atoms with van der Waals surface area (Å²) >= 11 is 1.54. The molecule has 0 atom stereocenters. The smallest absolute Gasteiger partial charge is 0.175 e. The lowest BCUT2D eigenvalue weighted by molar-refractivity contribution is 0.602. The van der Waals surface area contributed by atoms with Crippen LogP contribution in [0.1, 0.15) is 5.56 Å². The largest absolute Gasteiger partial charge is 0.224 e. The molecule has 0 saturated heterocycles. The molecule has 0 bridgehead atoms. The van der Waals surface area contributed by atoms with Gasteiger partial charge in [0.1, 0.15) is 5.03 Å². The molecule has 0 aliphatic heterocycles. The van der Waals surface area contributed by atoms with Crippen LogP contribution in [0.4, 0.5) is 0 Å². The number of rotatable bonds is 4. The Morgan fingerprint density at radius 3 is 2.53 bits per heavy atom. The van der Waals surface area contributed by atoms with Crippen molar-refractivity contribution in [3.05, 3.63) is 36.0 Å². The molecule has 90 valence electrons. The summed E-state index contributed by atoms with van der Waals surface area (Å²) in [6.45, 7) is 0. The van der Waals surface area contributed by atoms with Crippen LogP contribution in [-0.4, -0.2) is 30.1 Å². The second kappa shape index (κ2) is 4.89. The van der Waals surface area contributed by atoms with Crippen LogP contribution in [0, 0.1) is 0 Å². The van der Waals surface area contributed by atoms with E-state index in [2.05, 4.69) is 15.4 Å². The average molecular weight is 269 g/mol. The topological polar surface area (TPSA) is 75.7 Å². The van der Waals surface area contributed by atoms with Crippen molar-refractivity contribution >= 4 is 21.6 Å². The summed E-state index contributed by atoms with van der Waals surface area (Å²) in [4.78, 5) is 0.340. The van der Waals surface area contributed by atoms with Crippen LogP contribution in [0.15, 0.2) is 40.4 Å². The van der Waals surface area contributed by atoms with E-state index in [4.69, 9.17) is 0 Å². The molecule has 1 aromatic carbocycles. The van der Waals surface area contributed by atoms with E-state index in [1.165, 1.54) is 18.0 Å². The fraction of sp³-hybridized carbons (Fsp3) is 0.200. The zero-order chi connectivity index (χ0) is 12.3. The molecule has 1 heterocycles. The number of hydrogen-bond acceptors (Lipinski definition) is 5. The van der Waals surface area contributed by atoms with Gasteiger partial charge in [-0.2, -0.15) is 10.3 Å². The SMILES string of the molecule is CS(=O)(=O)c1ccc(CSc2cn[nH]n2)cc1. The lowest BCUT2D eigenvalue weighted by Crippen LogP contribution is -1.96. The fourth-order valence-electron chi connectivity index (χ4n) is 1.25. The second-order valence-electron chi connectivity index (χ2n) is 3.51. The van der Waals surface area contributed by atoms with Crippen LogP contribution in [0.2, 0.25) is 0 Å². The minimum Gasteiger partial charge on any atom is -0.224 e. The first-order valence-corrected chi connectivity index (χ1v) is 7.71. The Hall–Kier alpha value is -1.34. The number of aromatic amines is 1. The number of benzene rings is 1. The van der Waals surface area contributed by atoms with E-state index >= 15 is 0 Å². The first-order chi connectivity index (χ1) is 8.05. The zero-order valence-corrected chi connectivity index (χ0v) is 10.8. The van der Waals surface area contributed by atoms with Gasteiger partial charge in [0, 0.05) is 12.0 Å². The van der Waals surface area contributed by atoms with Crippen molar-refractivity contribution in [2.24, 2.45) is 0 Å². The maximum atomic E-state index is 11.3. The van der Waals surface area contributed by atoms with Crippen molar-refractivity contribution in [1.29, 1.82) is 0 Å². The van der Waals surface area contributed by atoms with Gasteiger partial charge in [0.2, 0.25) is 0 Å². The highest BCUT2D eigenvalue weighted by Crippen LogP contribution is 2.20. The summed E-state index contributed by atoms with van der Waals surface area (Å²) < 4.78 is 22.5. The van der Waals surface area contributed by atoms with E-state index in [1.807, 2.05) is 12.1 Å². The lowest BCUT2D eigenvalue weighted by Gasteiger charge is -2.01. The number of H-pyrrole nitrogens is 1. The van der Waals surface area contributed by atoms with Gasteiger partial charge in [-0.15, -0.1) is 5.10 Å². The highest BCUT2D eigenvalue weighted by Gasteiger charge is 2.06. The molecule has 0 radical (unpaired) electrons. The van der Waals surface area contributed by atoms with Gasteiger partial charge in [-0.25, -0.2) is 8.42 Å². The van der Waals surface area contributed by atoms with Crippen molar-refractivity contribution in [2.45, 2.75) is 15.7 Å². The Morgan fingerprint density at radius 2 is 2.00 bits per heavy atom. The monoisotopic (exact) mass is 269 g/mol. The zero-order valence-electron chi connectivity index (χ0n) is 9.12. The van der Waals surface area contributed by atoms with Crippen molar-refractivity contribution in [3.8, 4) is 0 Å². The Kier molecular flexibility index (Phi) is 3.49. The van der Waals surface area contributed by atoms with E-state index in [0.29, 0.717) is 4.90 Å². The van der Waals surface area contributed by atoms with E-state index in [9.17, 15) is 8.42 Å². The quantitative estimate of drug-likeness (QED) is 0.851. The molecule has 17 heavy (non-hydrogen) atoms. The van der Waals surface area contributed by atoms with Crippen molar-refractivity contribution in [1.82, 2.24) is 15.4 Å². The fourth-order valence-corrected chi connectivity index (χ4v) is 2.62. The molecule has 5 nitrogen and oxygen atoms in total. The predicted molar refractivity (Wildman–Crippen MR) is 65.5 cm³/mol. The minimum atomic E-state index is -3.11. The van der Waals surface area contributed by atoms with Gasteiger partial charge in [0.05, 0.1) is 11.1 Å². The normalized spacial score (nSPS) is 11.6. The van der Waals surface area contributed by atoms with Gasteiger partial charge in [-0.05, 0) is 17.7 Å². The second-order valence-corrected chi connectivity index (χ2v) is 6.52. The lowest BCUT2D eigenvalue weighted by atomic mass is 10.2.